The number of carbonyl (C=O) groups excluding carboxylic acids is 1. The van der Waals surface area contributed by atoms with Crippen molar-refractivity contribution in [1.82, 2.24) is 14.5 Å². The number of rotatable bonds is 7. The first-order valence-electron chi connectivity index (χ1n) is 12.2. The van der Waals surface area contributed by atoms with Crippen LogP contribution in [-0.4, -0.2) is 60.3 Å². The molecular weight excluding hydrogens is 426 g/mol. The van der Waals surface area contributed by atoms with Crippen molar-refractivity contribution in [3.63, 3.8) is 0 Å². The van der Waals surface area contributed by atoms with Crippen LogP contribution in [0.15, 0.2) is 60.7 Å². The molecule has 7 heteroatoms. The summed E-state index contributed by atoms with van der Waals surface area (Å²) in [4.78, 5) is 23.0. The average molecular weight is 460 g/mol. The molecule has 7 nitrogen and oxygen atoms in total. The van der Waals surface area contributed by atoms with Gasteiger partial charge in [-0.3, -0.25) is 4.79 Å². The molecule has 2 aromatic carbocycles. The van der Waals surface area contributed by atoms with E-state index in [-0.39, 0.29) is 5.91 Å². The molecule has 3 aromatic rings. The molecule has 0 bridgehead atoms. The van der Waals surface area contributed by atoms with E-state index in [0.717, 1.165) is 49.7 Å². The largest absolute Gasteiger partial charge is 0.381 e. The lowest BCUT2D eigenvalue weighted by molar-refractivity contribution is 0.0463. The third-order valence-corrected chi connectivity index (χ3v) is 6.79. The van der Waals surface area contributed by atoms with Gasteiger partial charge in [-0.15, -0.1) is 0 Å². The normalized spacial score (nSPS) is 16.6. The van der Waals surface area contributed by atoms with Crippen LogP contribution in [-0.2, 0) is 17.8 Å². The van der Waals surface area contributed by atoms with Gasteiger partial charge in [0.2, 0.25) is 0 Å². The topological polar surface area (TPSA) is 62.6 Å². The number of para-hydroxylation sites is 1. The molecule has 1 saturated heterocycles. The summed E-state index contributed by atoms with van der Waals surface area (Å²) in [5.41, 5.74) is 2.94. The zero-order valence-corrected chi connectivity index (χ0v) is 19.8. The number of nitrogens with one attached hydrogen (secondary N) is 1. The molecule has 1 fully saturated rings. The van der Waals surface area contributed by atoms with Crippen LogP contribution in [0, 0.1) is 5.92 Å². The summed E-state index contributed by atoms with van der Waals surface area (Å²) in [6, 6.07) is 20.6. The van der Waals surface area contributed by atoms with Crippen molar-refractivity contribution in [1.29, 1.82) is 0 Å². The summed E-state index contributed by atoms with van der Waals surface area (Å²) >= 11 is 0. The van der Waals surface area contributed by atoms with E-state index in [0.29, 0.717) is 43.6 Å². The van der Waals surface area contributed by atoms with Crippen molar-refractivity contribution in [3.05, 3.63) is 77.7 Å². The molecule has 34 heavy (non-hydrogen) atoms. The molecule has 3 heterocycles. The highest BCUT2D eigenvalue weighted by atomic mass is 16.5. The molecule has 0 radical (unpaired) electrons. The van der Waals surface area contributed by atoms with Gasteiger partial charge in [0.1, 0.15) is 5.82 Å². The number of fused-ring (bicyclic) bond motifs is 1. The molecule has 1 amide bonds. The third-order valence-electron chi connectivity index (χ3n) is 6.79. The van der Waals surface area contributed by atoms with Gasteiger partial charge in [-0.1, -0.05) is 48.5 Å². The monoisotopic (exact) mass is 459 g/mol. The van der Waals surface area contributed by atoms with Crippen molar-refractivity contribution >= 4 is 17.4 Å². The maximum Gasteiger partial charge on any atom is 0.274 e. The predicted octanol–water partition coefficient (Wildman–Crippen LogP) is 3.86. The van der Waals surface area contributed by atoms with Gasteiger partial charge < -0.3 is 24.4 Å². The minimum atomic E-state index is 0.0727. The molecule has 0 saturated carbocycles. The summed E-state index contributed by atoms with van der Waals surface area (Å²) in [6.07, 6.45) is 2.03. The number of imidazole rings is 1. The van der Waals surface area contributed by atoms with Crippen molar-refractivity contribution in [3.8, 4) is 0 Å². The molecule has 1 aromatic heterocycles. The van der Waals surface area contributed by atoms with Gasteiger partial charge in [0.05, 0.1) is 6.54 Å². The second-order valence-electron chi connectivity index (χ2n) is 9.22. The molecule has 0 aliphatic carbocycles. The summed E-state index contributed by atoms with van der Waals surface area (Å²) in [5.74, 6) is 2.15. The maximum absolute atomic E-state index is 13.9. The Labute approximate surface area is 201 Å². The van der Waals surface area contributed by atoms with Gasteiger partial charge in [0, 0.05) is 52.1 Å². The molecule has 2 aliphatic rings. The Morgan fingerprint density at radius 1 is 1.06 bits per heavy atom. The Balaban J connectivity index is 1.47. The van der Waals surface area contributed by atoms with Crippen molar-refractivity contribution in [2.75, 3.05) is 50.1 Å². The maximum atomic E-state index is 13.9. The van der Waals surface area contributed by atoms with Crippen molar-refractivity contribution in [2.45, 2.75) is 25.9 Å². The fourth-order valence-electron chi connectivity index (χ4n) is 4.86. The Kier molecular flexibility index (Phi) is 6.81. The number of anilines is 2. The summed E-state index contributed by atoms with van der Waals surface area (Å²) in [7, 11) is 2.06. The van der Waals surface area contributed by atoms with Crippen LogP contribution in [0.1, 0.15) is 34.7 Å². The molecule has 0 atom stereocenters. The molecule has 1 N–H and O–H groups in total. The lowest BCUT2D eigenvalue weighted by Gasteiger charge is -2.29. The van der Waals surface area contributed by atoms with E-state index in [1.807, 2.05) is 41.3 Å². The fourth-order valence-corrected chi connectivity index (χ4v) is 4.86. The number of carbonyl (C=O) groups is 1. The molecule has 2 aliphatic heterocycles. The molecule has 5 rings (SSSR count). The van der Waals surface area contributed by atoms with Crippen LogP contribution in [0.3, 0.4) is 0 Å². The first-order chi connectivity index (χ1) is 16.7. The van der Waals surface area contributed by atoms with Crippen LogP contribution in [0.25, 0.3) is 0 Å². The summed E-state index contributed by atoms with van der Waals surface area (Å²) in [5, 5.41) is 3.44. The number of hydrogen-bond acceptors (Lipinski definition) is 5. The van der Waals surface area contributed by atoms with Crippen LogP contribution >= 0.6 is 0 Å². The molecule has 0 spiro atoms. The lowest BCUT2D eigenvalue weighted by atomic mass is 9.99. The number of nitrogens with zero attached hydrogens (tertiary/aromatic N) is 4. The predicted molar refractivity (Wildman–Crippen MR) is 134 cm³/mol. The van der Waals surface area contributed by atoms with Crippen LogP contribution < -0.4 is 10.2 Å². The van der Waals surface area contributed by atoms with Gasteiger partial charge in [-0.05, 0) is 36.5 Å². The standard InChI is InChI=1S/C27H33N5O2/c1-30(23-10-6-3-7-11-23)20-24-29-26-25(32(24)19-21-8-4-2-5-9-21)27(33)31(15-14-28-26)18-22-12-16-34-17-13-22/h2-11,22,28H,12-20H2,1H3. The molecular formula is C27H33N5O2. The number of hydrogen-bond donors (Lipinski definition) is 1. The van der Waals surface area contributed by atoms with E-state index in [4.69, 9.17) is 9.72 Å². The zero-order valence-electron chi connectivity index (χ0n) is 19.8. The van der Waals surface area contributed by atoms with Gasteiger partial charge >= 0.3 is 0 Å². The van der Waals surface area contributed by atoms with Crippen molar-refractivity contribution in [2.24, 2.45) is 5.92 Å². The fraction of sp³-hybridized carbons (Fsp3) is 0.407. The van der Waals surface area contributed by atoms with Crippen LogP contribution in [0.5, 0.6) is 0 Å². The Morgan fingerprint density at radius 3 is 2.50 bits per heavy atom. The Hall–Kier alpha value is -3.32. The minimum absolute atomic E-state index is 0.0727. The smallest absolute Gasteiger partial charge is 0.274 e. The van der Waals surface area contributed by atoms with Crippen LogP contribution in [0.4, 0.5) is 11.5 Å². The molecule has 178 valence electrons. The lowest BCUT2D eigenvalue weighted by Crippen LogP contribution is -2.39. The minimum Gasteiger partial charge on any atom is -0.381 e. The van der Waals surface area contributed by atoms with E-state index in [9.17, 15) is 4.79 Å². The Bertz CT molecular complexity index is 1090. The third kappa shape index (κ3) is 4.94. The zero-order chi connectivity index (χ0) is 23.3. The first-order valence-corrected chi connectivity index (χ1v) is 12.2. The first kappa shape index (κ1) is 22.5. The number of ether oxygens (including phenoxy) is 1. The number of benzene rings is 2. The van der Waals surface area contributed by atoms with E-state index in [2.05, 4.69) is 46.1 Å². The van der Waals surface area contributed by atoms with Gasteiger partial charge in [-0.25, -0.2) is 4.98 Å². The van der Waals surface area contributed by atoms with Crippen LogP contribution in [0.2, 0.25) is 0 Å². The highest BCUT2D eigenvalue weighted by Crippen LogP contribution is 2.27. The van der Waals surface area contributed by atoms with E-state index in [1.54, 1.807) is 0 Å². The quantitative estimate of drug-likeness (QED) is 0.581. The van der Waals surface area contributed by atoms with Gasteiger partial charge in [0.15, 0.2) is 11.5 Å². The summed E-state index contributed by atoms with van der Waals surface area (Å²) < 4.78 is 7.64. The SMILES string of the molecule is CN(Cc1nc2c(n1Cc1ccccc1)C(=O)N(CC1CCOCC1)CCN2)c1ccccc1. The second kappa shape index (κ2) is 10.3. The highest BCUT2D eigenvalue weighted by molar-refractivity contribution is 5.98. The molecule has 0 unspecified atom stereocenters. The van der Waals surface area contributed by atoms with Gasteiger partial charge in [-0.2, -0.15) is 0 Å². The Morgan fingerprint density at radius 2 is 1.76 bits per heavy atom. The van der Waals surface area contributed by atoms with Gasteiger partial charge in [0.25, 0.3) is 5.91 Å². The summed E-state index contributed by atoms with van der Waals surface area (Å²) in [6.45, 7) is 4.98. The van der Waals surface area contributed by atoms with E-state index < -0.39 is 0 Å². The second-order valence-corrected chi connectivity index (χ2v) is 9.22. The number of amides is 1. The average Bonchev–Trinajstić information content (AvgIpc) is 3.12. The van der Waals surface area contributed by atoms with E-state index in [1.165, 1.54) is 0 Å². The van der Waals surface area contributed by atoms with E-state index >= 15 is 0 Å². The number of aromatic nitrogens is 2. The van der Waals surface area contributed by atoms with Crippen molar-refractivity contribution < 1.29 is 9.53 Å². The highest BCUT2D eigenvalue weighted by Gasteiger charge is 2.31.